The molecule has 1 aliphatic heterocycles. The summed E-state index contributed by atoms with van der Waals surface area (Å²) in [5.41, 5.74) is 8.53. The highest BCUT2D eigenvalue weighted by Crippen LogP contribution is 2.18. The Labute approximate surface area is 110 Å². The second kappa shape index (κ2) is 5.16. The summed E-state index contributed by atoms with van der Waals surface area (Å²) in [6.07, 6.45) is 0. The standard InChI is InChI=1S/C13H18N4O2/c14-10(8-17-5-3-15-4-6-17)9-1-2-12-11(7-9)16-13(18)19-12/h1-2,7,10,15H,3-6,8,14H2,(H,16,18). The Kier molecular flexibility index (Phi) is 3.37. The van der Waals surface area contributed by atoms with Gasteiger partial charge in [-0.1, -0.05) is 6.07 Å². The van der Waals surface area contributed by atoms with Crippen LogP contribution in [-0.4, -0.2) is 42.6 Å². The summed E-state index contributed by atoms with van der Waals surface area (Å²) in [5.74, 6) is -0.428. The van der Waals surface area contributed by atoms with Gasteiger partial charge in [0, 0.05) is 38.8 Å². The van der Waals surface area contributed by atoms with E-state index >= 15 is 0 Å². The van der Waals surface area contributed by atoms with E-state index in [2.05, 4.69) is 15.2 Å². The Morgan fingerprint density at radius 1 is 1.37 bits per heavy atom. The van der Waals surface area contributed by atoms with Gasteiger partial charge in [0.15, 0.2) is 5.58 Å². The predicted octanol–water partition coefficient (Wildman–Crippen LogP) is 0.0261. The number of nitrogens with one attached hydrogen (secondary N) is 2. The minimum Gasteiger partial charge on any atom is -0.408 e. The Morgan fingerprint density at radius 3 is 2.95 bits per heavy atom. The summed E-state index contributed by atoms with van der Waals surface area (Å²) >= 11 is 0. The van der Waals surface area contributed by atoms with Gasteiger partial charge in [0.2, 0.25) is 0 Å². The summed E-state index contributed by atoms with van der Waals surface area (Å²) < 4.78 is 4.98. The number of fused-ring (bicyclic) bond motifs is 1. The van der Waals surface area contributed by atoms with Crippen molar-refractivity contribution in [3.05, 3.63) is 34.3 Å². The van der Waals surface area contributed by atoms with E-state index < -0.39 is 5.76 Å². The number of piperazine rings is 1. The van der Waals surface area contributed by atoms with E-state index in [0.717, 1.165) is 38.3 Å². The molecule has 2 heterocycles. The zero-order chi connectivity index (χ0) is 13.2. The fourth-order valence-corrected chi connectivity index (χ4v) is 2.48. The number of benzene rings is 1. The summed E-state index contributed by atoms with van der Waals surface area (Å²) in [5, 5.41) is 3.32. The monoisotopic (exact) mass is 262 g/mol. The number of aromatic nitrogens is 1. The first-order valence-electron chi connectivity index (χ1n) is 6.54. The molecule has 102 valence electrons. The zero-order valence-electron chi connectivity index (χ0n) is 10.7. The molecular weight excluding hydrogens is 244 g/mol. The molecule has 2 aromatic rings. The van der Waals surface area contributed by atoms with Crippen molar-refractivity contribution in [2.45, 2.75) is 6.04 Å². The first kappa shape index (κ1) is 12.4. The van der Waals surface area contributed by atoms with Gasteiger partial charge in [0.25, 0.3) is 0 Å². The maximum Gasteiger partial charge on any atom is 0.417 e. The molecule has 1 aliphatic rings. The minimum atomic E-state index is -0.428. The van der Waals surface area contributed by atoms with E-state index in [9.17, 15) is 4.79 Å². The van der Waals surface area contributed by atoms with Crippen LogP contribution in [0.15, 0.2) is 27.4 Å². The normalized spacial score (nSPS) is 18.8. The van der Waals surface area contributed by atoms with Crippen molar-refractivity contribution >= 4 is 11.1 Å². The Balaban J connectivity index is 1.76. The molecule has 6 heteroatoms. The number of rotatable bonds is 3. The van der Waals surface area contributed by atoms with Gasteiger partial charge in [-0.3, -0.25) is 9.88 Å². The zero-order valence-corrected chi connectivity index (χ0v) is 10.7. The number of oxazole rings is 1. The van der Waals surface area contributed by atoms with E-state index in [4.69, 9.17) is 10.2 Å². The number of hydrogen-bond donors (Lipinski definition) is 3. The van der Waals surface area contributed by atoms with Crippen LogP contribution in [0.4, 0.5) is 0 Å². The highest BCUT2D eigenvalue weighted by atomic mass is 16.4. The van der Waals surface area contributed by atoms with Gasteiger partial charge in [0.05, 0.1) is 5.52 Å². The van der Waals surface area contributed by atoms with Crippen LogP contribution in [0.5, 0.6) is 0 Å². The van der Waals surface area contributed by atoms with Gasteiger partial charge < -0.3 is 15.5 Å². The maximum atomic E-state index is 11.1. The molecule has 1 unspecified atom stereocenters. The average molecular weight is 262 g/mol. The summed E-state index contributed by atoms with van der Waals surface area (Å²) in [7, 11) is 0. The topological polar surface area (TPSA) is 87.3 Å². The van der Waals surface area contributed by atoms with E-state index in [0.29, 0.717) is 11.1 Å². The third-order valence-electron chi connectivity index (χ3n) is 3.54. The van der Waals surface area contributed by atoms with Crippen LogP contribution in [-0.2, 0) is 0 Å². The molecule has 6 nitrogen and oxygen atoms in total. The van der Waals surface area contributed by atoms with E-state index in [1.54, 1.807) is 6.07 Å². The van der Waals surface area contributed by atoms with Crippen molar-refractivity contribution in [3.8, 4) is 0 Å². The molecule has 1 saturated heterocycles. The van der Waals surface area contributed by atoms with Gasteiger partial charge in [0.1, 0.15) is 0 Å². The van der Waals surface area contributed by atoms with E-state index in [1.807, 2.05) is 12.1 Å². The van der Waals surface area contributed by atoms with Crippen molar-refractivity contribution in [1.82, 2.24) is 15.2 Å². The predicted molar refractivity (Wildman–Crippen MR) is 73.1 cm³/mol. The molecule has 0 aliphatic carbocycles. The molecule has 0 saturated carbocycles. The first-order chi connectivity index (χ1) is 9.22. The third kappa shape index (κ3) is 2.70. The lowest BCUT2D eigenvalue weighted by molar-refractivity contribution is 0.228. The van der Waals surface area contributed by atoms with Crippen LogP contribution in [0.3, 0.4) is 0 Å². The van der Waals surface area contributed by atoms with Crippen molar-refractivity contribution in [2.75, 3.05) is 32.7 Å². The number of aromatic amines is 1. The molecular formula is C13H18N4O2. The lowest BCUT2D eigenvalue weighted by atomic mass is 10.1. The summed E-state index contributed by atoms with van der Waals surface area (Å²) in [6, 6.07) is 5.56. The number of H-pyrrole nitrogens is 1. The molecule has 0 radical (unpaired) electrons. The smallest absolute Gasteiger partial charge is 0.408 e. The van der Waals surface area contributed by atoms with Gasteiger partial charge in [-0.2, -0.15) is 0 Å². The summed E-state index contributed by atoms with van der Waals surface area (Å²) in [4.78, 5) is 16.1. The molecule has 4 N–H and O–H groups in total. The third-order valence-corrected chi connectivity index (χ3v) is 3.54. The van der Waals surface area contributed by atoms with Gasteiger partial charge in [-0.05, 0) is 17.7 Å². The second-order valence-electron chi connectivity index (χ2n) is 4.93. The van der Waals surface area contributed by atoms with Crippen LogP contribution in [0.2, 0.25) is 0 Å². The maximum absolute atomic E-state index is 11.1. The van der Waals surface area contributed by atoms with Crippen LogP contribution >= 0.6 is 0 Å². The van der Waals surface area contributed by atoms with Crippen molar-refractivity contribution in [3.63, 3.8) is 0 Å². The number of nitrogens with two attached hydrogens (primary N) is 1. The summed E-state index contributed by atoms with van der Waals surface area (Å²) in [6.45, 7) is 4.91. The lowest BCUT2D eigenvalue weighted by Gasteiger charge is -2.29. The molecule has 1 aromatic heterocycles. The van der Waals surface area contributed by atoms with Gasteiger partial charge in [-0.15, -0.1) is 0 Å². The van der Waals surface area contributed by atoms with Crippen molar-refractivity contribution < 1.29 is 4.42 Å². The molecule has 0 spiro atoms. The van der Waals surface area contributed by atoms with Gasteiger partial charge >= 0.3 is 5.76 Å². The van der Waals surface area contributed by atoms with Crippen molar-refractivity contribution in [2.24, 2.45) is 5.73 Å². The SMILES string of the molecule is NC(CN1CCNCC1)c1ccc2oc(=O)[nH]c2c1. The minimum absolute atomic E-state index is 0.0547. The lowest BCUT2D eigenvalue weighted by Crippen LogP contribution is -2.45. The highest BCUT2D eigenvalue weighted by molar-refractivity contribution is 5.72. The van der Waals surface area contributed by atoms with E-state index in [-0.39, 0.29) is 6.04 Å². The first-order valence-corrected chi connectivity index (χ1v) is 6.54. The molecule has 0 bridgehead atoms. The fourth-order valence-electron chi connectivity index (χ4n) is 2.48. The Morgan fingerprint density at radius 2 is 2.16 bits per heavy atom. The Hall–Kier alpha value is -1.63. The van der Waals surface area contributed by atoms with Crippen LogP contribution in [0.25, 0.3) is 11.1 Å². The van der Waals surface area contributed by atoms with Crippen molar-refractivity contribution in [1.29, 1.82) is 0 Å². The molecule has 0 amide bonds. The molecule has 1 aromatic carbocycles. The molecule has 1 fully saturated rings. The number of nitrogens with zero attached hydrogens (tertiary/aromatic N) is 1. The fraction of sp³-hybridized carbons (Fsp3) is 0.462. The van der Waals surface area contributed by atoms with Crippen LogP contribution in [0, 0.1) is 0 Å². The van der Waals surface area contributed by atoms with Crippen LogP contribution < -0.4 is 16.8 Å². The Bertz CT molecular complexity index is 612. The quantitative estimate of drug-likeness (QED) is 0.726. The van der Waals surface area contributed by atoms with Crippen LogP contribution in [0.1, 0.15) is 11.6 Å². The van der Waals surface area contributed by atoms with Gasteiger partial charge in [-0.25, -0.2) is 4.79 Å². The molecule has 19 heavy (non-hydrogen) atoms. The number of hydrogen-bond acceptors (Lipinski definition) is 5. The largest absolute Gasteiger partial charge is 0.417 e. The molecule has 3 rings (SSSR count). The second-order valence-corrected chi connectivity index (χ2v) is 4.93. The molecule has 1 atom stereocenters. The highest BCUT2D eigenvalue weighted by Gasteiger charge is 2.15. The van der Waals surface area contributed by atoms with E-state index in [1.165, 1.54) is 0 Å². The average Bonchev–Trinajstić information content (AvgIpc) is 2.78.